The molecule has 2 amide bonds. The van der Waals surface area contributed by atoms with Gasteiger partial charge in [0.15, 0.2) is 0 Å². The number of amides is 2. The maximum absolute atomic E-state index is 13.4. The fourth-order valence-electron chi connectivity index (χ4n) is 5.49. The highest BCUT2D eigenvalue weighted by atomic mass is 19.4. The molecule has 40 heavy (non-hydrogen) atoms. The first-order valence-electron chi connectivity index (χ1n) is 13.1. The molecule has 1 aliphatic carbocycles. The first kappa shape index (κ1) is 29.7. The number of alkyl halides is 6. The molecule has 1 heterocycles. The van der Waals surface area contributed by atoms with Gasteiger partial charge in [-0.05, 0) is 87.5 Å². The molecule has 1 saturated heterocycles. The van der Waals surface area contributed by atoms with Crippen LogP contribution in [0.1, 0.15) is 60.8 Å². The van der Waals surface area contributed by atoms with Crippen molar-refractivity contribution in [2.45, 2.75) is 62.5 Å². The maximum atomic E-state index is 13.4. The second-order valence-electron chi connectivity index (χ2n) is 10.4. The number of aliphatic hydroxyl groups is 1. The Morgan fingerprint density at radius 3 is 2.17 bits per heavy atom. The van der Waals surface area contributed by atoms with E-state index in [9.17, 15) is 41.5 Å². The molecule has 0 unspecified atom stereocenters. The third-order valence-electron chi connectivity index (χ3n) is 7.71. The molecule has 0 spiro atoms. The minimum absolute atomic E-state index is 0.0179. The number of hydrogen-bond donors (Lipinski definition) is 2. The lowest BCUT2D eigenvalue weighted by Crippen LogP contribution is -2.49. The number of carbonyl (C=O) groups excluding carboxylic acids is 1. The van der Waals surface area contributed by atoms with Gasteiger partial charge in [0, 0.05) is 24.8 Å². The predicted molar refractivity (Wildman–Crippen MR) is 135 cm³/mol. The molecule has 2 N–H and O–H groups in total. The van der Waals surface area contributed by atoms with Crippen LogP contribution < -0.4 is 5.32 Å². The second kappa shape index (κ2) is 11.7. The summed E-state index contributed by atoms with van der Waals surface area (Å²) in [6.45, 7) is 2.42. The molecule has 12 heteroatoms. The monoisotopic (exact) mass is 568 g/mol. The molecular weight excluding hydrogens is 538 g/mol. The third kappa shape index (κ3) is 7.06. The Morgan fingerprint density at radius 1 is 1.02 bits per heavy atom. The Hall–Kier alpha value is -3.30. The van der Waals surface area contributed by atoms with Gasteiger partial charge in [-0.15, -0.1) is 0 Å². The van der Waals surface area contributed by atoms with Crippen LogP contribution >= 0.6 is 0 Å². The largest absolute Gasteiger partial charge is 0.416 e. The number of nitrogens with one attached hydrogen (secondary N) is 1. The number of nitriles is 1. The van der Waals surface area contributed by atoms with Crippen molar-refractivity contribution in [1.29, 1.82) is 5.26 Å². The van der Waals surface area contributed by atoms with Crippen molar-refractivity contribution in [1.82, 2.24) is 9.80 Å². The zero-order valence-electron chi connectivity index (χ0n) is 21.7. The van der Waals surface area contributed by atoms with Gasteiger partial charge < -0.3 is 20.2 Å². The van der Waals surface area contributed by atoms with Crippen LogP contribution in [0.5, 0.6) is 0 Å². The first-order valence-corrected chi connectivity index (χ1v) is 13.1. The number of hydrogen-bond acceptors (Lipinski definition) is 4. The lowest BCUT2D eigenvalue weighted by Gasteiger charge is -2.41. The summed E-state index contributed by atoms with van der Waals surface area (Å²) < 4.78 is 80.0. The van der Waals surface area contributed by atoms with E-state index in [1.807, 2.05) is 6.07 Å². The number of rotatable bonds is 6. The van der Waals surface area contributed by atoms with Crippen LogP contribution in [0.15, 0.2) is 42.5 Å². The summed E-state index contributed by atoms with van der Waals surface area (Å²) in [6, 6.07) is 8.50. The summed E-state index contributed by atoms with van der Waals surface area (Å²) >= 11 is 0. The Morgan fingerprint density at radius 2 is 1.62 bits per heavy atom. The molecule has 0 bridgehead atoms. The van der Waals surface area contributed by atoms with E-state index in [-0.39, 0.29) is 25.5 Å². The third-order valence-corrected chi connectivity index (χ3v) is 7.71. The number of likely N-dealkylation sites (tertiary alicyclic amines) is 1. The summed E-state index contributed by atoms with van der Waals surface area (Å²) in [6.07, 6.45) is -6.80. The van der Waals surface area contributed by atoms with E-state index in [0.717, 1.165) is 25.9 Å². The zero-order chi connectivity index (χ0) is 29.1. The van der Waals surface area contributed by atoms with Crippen molar-refractivity contribution in [2.24, 2.45) is 0 Å². The van der Waals surface area contributed by atoms with Gasteiger partial charge in [0.05, 0.1) is 28.4 Å². The molecule has 2 aromatic rings. The average molecular weight is 569 g/mol. The Kier molecular flexibility index (Phi) is 8.66. The average Bonchev–Trinajstić information content (AvgIpc) is 3.42. The first-order chi connectivity index (χ1) is 18.8. The van der Waals surface area contributed by atoms with Crippen molar-refractivity contribution < 1.29 is 36.2 Å². The van der Waals surface area contributed by atoms with E-state index < -0.39 is 46.8 Å². The second-order valence-corrected chi connectivity index (χ2v) is 10.4. The molecule has 216 valence electrons. The highest BCUT2D eigenvalue weighted by Crippen LogP contribution is 2.40. The Balaban J connectivity index is 1.55. The van der Waals surface area contributed by atoms with Gasteiger partial charge in [-0.3, -0.25) is 0 Å². The predicted octanol–water partition coefficient (Wildman–Crippen LogP) is 6.36. The molecule has 1 aliphatic heterocycles. The molecule has 1 saturated carbocycles. The van der Waals surface area contributed by atoms with E-state index in [1.54, 1.807) is 24.3 Å². The number of carbonyl (C=O) groups is 1. The highest BCUT2D eigenvalue weighted by Gasteiger charge is 2.40. The summed E-state index contributed by atoms with van der Waals surface area (Å²) in [4.78, 5) is 17.0. The number of nitrogens with zero attached hydrogens (tertiary/aromatic N) is 3. The molecular formula is C28H30F6N4O2. The minimum atomic E-state index is -5.03. The zero-order valence-corrected chi connectivity index (χ0v) is 21.7. The van der Waals surface area contributed by atoms with Crippen molar-refractivity contribution in [3.8, 4) is 6.07 Å². The van der Waals surface area contributed by atoms with Gasteiger partial charge in [0.1, 0.15) is 0 Å². The maximum Gasteiger partial charge on any atom is 0.416 e. The van der Waals surface area contributed by atoms with Crippen LogP contribution in [-0.2, 0) is 18.0 Å². The summed E-state index contributed by atoms with van der Waals surface area (Å²) in [5.41, 5.74) is -3.85. The molecule has 2 aliphatic rings. The standard InChI is InChI=1S/C28H30F6N4O2/c29-27(30,31)21-15-22(28(32,33)34)17-23(16-21)36-25(39)38(13-12-37-10-1-2-11-37)24-6-8-26(40,9-7-24)20-5-3-4-19(14-20)18-35/h3-5,14-17,24,40H,1-2,6-13H2,(H,36,39)/t24-,26+. The Labute approximate surface area is 228 Å². The van der Waals surface area contributed by atoms with Crippen molar-refractivity contribution in [3.63, 3.8) is 0 Å². The van der Waals surface area contributed by atoms with Crippen LogP contribution in [0.3, 0.4) is 0 Å². The van der Waals surface area contributed by atoms with Crippen LogP contribution in [0, 0.1) is 11.3 Å². The highest BCUT2D eigenvalue weighted by molar-refractivity contribution is 5.90. The van der Waals surface area contributed by atoms with E-state index in [2.05, 4.69) is 10.2 Å². The Bertz CT molecular complexity index is 1210. The van der Waals surface area contributed by atoms with E-state index in [4.69, 9.17) is 0 Å². The minimum Gasteiger partial charge on any atom is -0.385 e. The normalized spacial score (nSPS) is 22.1. The lowest BCUT2D eigenvalue weighted by atomic mass is 9.77. The summed E-state index contributed by atoms with van der Waals surface area (Å²) in [5, 5.41) is 22.8. The number of halogens is 6. The van der Waals surface area contributed by atoms with Crippen molar-refractivity contribution >= 4 is 11.7 Å². The van der Waals surface area contributed by atoms with Gasteiger partial charge in [-0.2, -0.15) is 31.6 Å². The van der Waals surface area contributed by atoms with Gasteiger partial charge in [-0.1, -0.05) is 12.1 Å². The van der Waals surface area contributed by atoms with Gasteiger partial charge >= 0.3 is 18.4 Å². The summed E-state index contributed by atoms with van der Waals surface area (Å²) in [5.74, 6) is 0. The molecule has 2 aromatic carbocycles. The van der Waals surface area contributed by atoms with Crippen molar-refractivity contribution in [2.75, 3.05) is 31.5 Å². The van der Waals surface area contributed by atoms with Crippen LogP contribution in [0.2, 0.25) is 0 Å². The van der Waals surface area contributed by atoms with E-state index >= 15 is 0 Å². The van der Waals surface area contributed by atoms with Gasteiger partial charge in [0.25, 0.3) is 0 Å². The van der Waals surface area contributed by atoms with Crippen LogP contribution in [0.25, 0.3) is 0 Å². The van der Waals surface area contributed by atoms with E-state index in [1.165, 1.54) is 4.90 Å². The molecule has 0 radical (unpaired) electrons. The fraction of sp³-hybridized carbons (Fsp3) is 0.500. The molecule has 4 rings (SSSR count). The smallest absolute Gasteiger partial charge is 0.385 e. The number of urea groups is 1. The van der Waals surface area contributed by atoms with Crippen LogP contribution in [0.4, 0.5) is 36.8 Å². The SMILES string of the molecule is N#Cc1cccc([C@]2(O)CC[C@@H](N(CCN3CCCC3)C(=O)Nc3cc(C(F)(F)F)cc(C(F)(F)F)c3)CC2)c1. The van der Waals surface area contributed by atoms with Crippen LogP contribution in [-0.4, -0.2) is 53.2 Å². The lowest BCUT2D eigenvalue weighted by molar-refractivity contribution is -0.143. The molecule has 0 aromatic heterocycles. The number of anilines is 1. The fourth-order valence-corrected chi connectivity index (χ4v) is 5.49. The molecule has 0 atom stereocenters. The topological polar surface area (TPSA) is 79.6 Å². The number of benzene rings is 2. The summed E-state index contributed by atoms with van der Waals surface area (Å²) in [7, 11) is 0. The molecule has 6 nitrogen and oxygen atoms in total. The van der Waals surface area contributed by atoms with E-state index in [0.29, 0.717) is 42.6 Å². The molecule has 2 fully saturated rings. The van der Waals surface area contributed by atoms with Crippen molar-refractivity contribution in [3.05, 3.63) is 64.7 Å². The van der Waals surface area contributed by atoms with Gasteiger partial charge in [0.2, 0.25) is 0 Å². The quantitative estimate of drug-likeness (QED) is 0.398. The van der Waals surface area contributed by atoms with Gasteiger partial charge in [-0.25, -0.2) is 4.79 Å².